The van der Waals surface area contributed by atoms with E-state index in [1.165, 1.54) is 6.07 Å². The number of nitrogens with zero attached hydrogens (tertiary/aromatic N) is 1. The molecule has 4 heteroatoms. The van der Waals surface area contributed by atoms with Crippen molar-refractivity contribution in [2.75, 3.05) is 18.8 Å². The second-order valence-corrected chi connectivity index (χ2v) is 4.43. The summed E-state index contributed by atoms with van der Waals surface area (Å²) in [4.78, 5) is 4.28. The van der Waals surface area contributed by atoms with Gasteiger partial charge in [0.05, 0.1) is 6.54 Å². The van der Waals surface area contributed by atoms with E-state index in [0.29, 0.717) is 0 Å². The molecule has 1 aliphatic heterocycles. The van der Waals surface area contributed by atoms with Gasteiger partial charge in [-0.15, -0.1) is 0 Å². The first-order valence-electron chi connectivity index (χ1n) is 5.00. The number of thioether (sulfide) groups is 1. The first kappa shape index (κ1) is 10.5. The SMILES string of the molecule is Fc1cccc(CCNC2=NCCS2)c1. The number of aliphatic imine (C=N–C) groups is 1. The van der Waals surface area contributed by atoms with Crippen LogP contribution in [0.3, 0.4) is 0 Å². The van der Waals surface area contributed by atoms with Crippen LogP contribution in [0.2, 0.25) is 0 Å². The third kappa shape index (κ3) is 3.23. The van der Waals surface area contributed by atoms with E-state index in [-0.39, 0.29) is 5.82 Å². The highest BCUT2D eigenvalue weighted by Crippen LogP contribution is 2.09. The van der Waals surface area contributed by atoms with Gasteiger partial charge in [-0.2, -0.15) is 0 Å². The van der Waals surface area contributed by atoms with Crippen LogP contribution in [0, 0.1) is 5.82 Å². The van der Waals surface area contributed by atoms with Crippen molar-refractivity contribution in [1.29, 1.82) is 0 Å². The highest BCUT2D eigenvalue weighted by Gasteiger charge is 2.05. The summed E-state index contributed by atoms with van der Waals surface area (Å²) in [6.45, 7) is 1.72. The first-order chi connectivity index (χ1) is 7.34. The molecule has 1 N–H and O–H groups in total. The summed E-state index contributed by atoms with van der Waals surface area (Å²) in [5.41, 5.74) is 1.02. The van der Waals surface area contributed by atoms with Crippen LogP contribution < -0.4 is 5.32 Å². The minimum Gasteiger partial charge on any atom is -0.365 e. The predicted octanol–water partition coefficient (Wildman–Crippen LogP) is 2.06. The van der Waals surface area contributed by atoms with E-state index in [4.69, 9.17) is 0 Å². The van der Waals surface area contributed by atoms with Crippen molar-refractivity contribution < 1.29 is 4.39 Å². The second-order valence-electron chi connectivity index (χ2n) is 3.34. The average molecular weight is 224 g/mol. The Balaban J connectivity index is 1.78. The Morgan fingerprint density at radius 1 is 1.47 bits per heavy atom. The summed E-state index contributed by atoms with van der Waals surface area (Å²) in [6.07, 6.45) is 0.831. The van der Waals surface area contributed by atoms with Gasteiger partial charge in [-0.1, -0.05) is 23.9 Å². The Hall–Kier alpha value is -1.03. The Kier molecular flexibility index (Phi) is 3.61. The lowest BCUT2D eigenvalue weighted by atomic mass is 10.1. The van der Waals surface area contributed by atoms with Crippen molar-refractivity contribution in [3.8, 4) is 0 Å². The lowest BCUT2D eigenvalue weighted by Gasteiger charge is -2.04. The smallest absolute Gasteiger partial charge is 0.156 e. The van der Waals surface area contributed by atoms with Gasteiger partial charge in [0, 0.05) is 12.3 Å². The number of hydrogen-bond acceptors (Lipinski definition) is 3. The molecule has 2 nitrogen and oxygen atoms in total. The van der Waals surface area contributed by atoms with E-state index in [2.05, 4.69) is 10.3 Å². The van der Waals surface area contributed by atoms with Crippen LogP contribution in [-0.2, 0) is 6.42 Å². The molecule has 0 unspecified atom stereocenters. The van der Waals surface area contributed by atoms with Crippen molar-refractivity contribution in [2.45, 2.75) is 6.42 Å². The van der Waals surface area contributed by atoms with Crippen molar-refractivity contribution >= 4 is 16.9 Å². The molecule has 1 aromatic carbocycles. The van der Waals surface area contributed by atoms with Gasteiger partial charge in [-0.3, -0.25) is 4.99 Å². The van der Waals surface area contributed by atoms with E-state index in [1.807, 2.05) is 6.07 Å². The molecule has 0 fully saturated rings. The van der Waals surface area contributed by atoms with Gasteiger partial charge >= 0.3 is 0 Å². The summed E-state index contributed by atoms with van der Waals surface area (Å²) in [6, 6.07) is 6.72. The summed E-state index contributed by atoms with van der Waals surface area (Å²) in [5.74, 6) is 0.905. The van der Waals surface area contributed by atoms with Crippen molar-refractivity contribution in [2.24, 2.45) is 4.99 Å². The summed E-state index contributed by atoms with van der Waals surface area (Å²) < 4.78 is 12.8. The van der Waals surface area contributed by atoms with Gasteiger partial charge in [-0.25, -0.2) is 4.39 Å². The van der Waals surface area contributed by atoms with Crippen molar-refractivity contribution in [3.05, 3.63) is 35.6 Å². The van der Waals surface area contributed by atoms with E-state index in [0.717, 1.165) is 36.0 Å². The lowest BCUT2D eigenvalue weighted by molar-refractivity contribution is 0.625. The van der Waals surface area contributed by atoms with Gasteiger partial charge in [0.1, 0.15) is 5.82 Å². The molecule has 0 aliphatic carbocycles. The molecule has 0 atom stereocenters. The number of benzene rings is 1. The van der Waals surface area contributed by atoms with Gasteiger partial charge in [-0.05, 0) is 24.1 Å². The summed E-state index contributed by atoms with van der Waals surface area (Å²) >= 11 is 1.75. The number of halogens is 1. The minimum absolute atomic E-state index is 0.167. The summed E-state index contributed by atoms with van der Waals surface area (Å²) in [5, 5.41) is 4.26. The Morgan fingerprint density at radius 3 is 3.13 bits per heavy atom. The standard InChI is InChI=1S/C11H13FN2S/c12-10-3-1-2-9(8-10)4-5-13-11-14-6-7-15-11/h1-3,8H,4-7H2,(H,13,14). The van der Waals surface area contributed by atoms with E-state index >= 15 is 0 Å². The molecule has 0 amide bonds. The molecule has 0 aromatic heterocycles. The van der Waals surface area contributed by atoms with Crippen molar-refractivity contribution in [3.63, 3.8) is 0 Å². The fraction of sp³-hybridized carbons (Fsp3) is 0.364. The van der Waals surface area contributed by atoms with E-state index in [9.17, 15) is 4.39 Å². The molecule has 1 aliphatic rings. The molecule has 0 bridgehead atoms. The second kappa shape index (κ2) is 5.16. The molecule has 0 spiro atoms. The molecule has 2 rings (SSSR count). The van der Waals surface area contributed by atoms with Crippen LogP contribution in [-0.4, -0.2) is 24.0 Å². The fourth-order valence-electron chi connectivity index (χ4n) is 1.45. The van der Waals surface area contributed by atoms with Gasteiger partial charge < -0.3 is 5.32 Å². The topological polar surface area (TPSA) is 24.4 Å². The predicted molar refractivity (Wildman–Crippen MR) is 62.9 cm³/mol. The minimum atomic E-state index is -0.167. The highest BCUT2D eigenvalue weighted by atomic mass is 32.2. The molecule has 1 heterocycles. The maximum Gasteiger partial charge on any atom is 0.156 e. The largest absolute Gasteiger partial charge is 0.365 e. The number of rotatable bonds is 3. The van der Waals surface area contributed by atoms with E-state index < -0.39 is 0 Å². The molecule has 0 saturated heterocycles. The average Bonchev–Trinajstić information content (AvgIpc) is 2.71. The van der Waals surface area contributed by atoms with Crippen LogP contribution in [0.5, 0.6) is 0 Å². The Morgan fingerprint density at radius 2 is 2.40 bits per heavy atom. The van der Waals surface area contributed by atoms with Crippen LogP contribution in [0.4, 0.5) is 4.39 Å². The lowest BCUT2D eigenvalue weighted by Crippen LogP contribution is -2.21. The quantitative estimate of drug-likeness (QED) is 0.850. The molecular formula is C11H13FN2S. The molecule has 0 saturated carbocycles. The van der Waals surface area contributed by atoms with Crippen LogP contribution in [0.25, 0.3) is 0 Å². The van der Waals surface area contributed by atoms with Crippen LogP contribution in [0.15, 0.2) is 29.3 Å². The molecule has 15 heavy (non-hydrogen) atoms. The first-order valence-corrected chi connectivity index (χ1v) is 5.99. The zero-order valence-corrected chi connectivity index (χ0v) is 9.19. The van der Waals surface area contributed by atoms with Gasteiger partial charge in [0.15, 0.2) is 5.17 Å². The molecule has 80 valence electrons. The molecule has 0 radical (unpaired) electrons. The highest BCUT2D eigenvalue weighted by molar-refractivity contribution is 8.14. The zero-order valence-electron chi connectivity index (χ0n) is 8.37. The summed E-state index contributed by atoms with van der Waals surface area (Å²) in [7, 11) is 0. The number of amidine groups is 1. The Bertz CT molecular complexity index is 365. The molecular weight excluding hydrogens is 211 g/mol. The number of nitrogens with one attached hydrogen (secondary N) is 1. The Labute approximate surface area is 93.0 Å². The maximum absolute atomic E-state index is 12.8. The van der Waals surface area contributed by atoms with Crippen LogP contribution >= 0.6 is 11.8 Å². The monoisotopic (exact) mass is 224 g/mol. The van der Waals surface area contributed by atoms with Crippen LogP contribution in [0.1, 0.15) is 5.56 Å². The normalized spacial score (nSPS) is 15.1. The zero-order chi connectivity index (χ0) is 10.5. The van der Waals surface area contributed by atoms with Gasteiger partial charge in [0.25, 0.3) is 0 Å². The maximum atomic E-state index is 12.8. The van der Waals surface area contributed by atoms with Gasteiger partial charge in [0.2, 0.25) is 0 Å². The van der Waals surface area contributed by atoms with Crippen molar-refractivity contribution in [1.82, 2.24) is 5.32 Å². The molecule has 1 aromatic rings. The van der Waals surface area contributed by atoms with E-state index in [1.54, 1.807) is 23.9 Å². The number of hydrogen-bond donors (Lipinski definition) is 1. The fourth-order valence-corrected chi connectivity index (χ4v) is 2.21. The third-order valence-electron chi connectivity index (χ3n) is 2.16. The third-order valence-corrected chi connectivity index (χ3v) is 3.10.